The molecule has 1 aromatic heterocycles. The maximum atomic E-state index is 8.55. The number of methoxy groups -OCH3 is 1. The van der Waals surface area contributed by atoms with E-state index in [2.05, 4.69) is 0 Å². The van der Waals surface area contributed by atoms with Gasteiger partial charge in [0, 0.05) is 29.1 Å². The van der Waals surface area contributed by atoms with Crippen molar-refractivity contribution in [3.05, 3.63) is 30.5 Å². The van der Waals surface area contributed by atoms with Gasteiger partial charge in [-0.2, -0.15) is 0 Å². The molecular weight excluding hydrogens is 224 g/mol. The van der Waals surface area contributed by atoms with Crippen molar-refractivity contribution < 1.29 is 7.48 Å². The van der Waals surface area contributed by atoms with E-state index in [1.807, 2.05) is 57.1 Å². The van der Waals surface area contributed by atoms with E-state index < -0.39 is 12.0 Å². The molecule has 0 saturated carbocycles. The second-order valence-corrected chi connectivity index (χ2v) is 5.18. The summed E-state index contributed by atoms with van der Waals surface area (Å²) in [5.41, 5.74) is 0.226. The fraction of sp³-hybridized carbons (Fsp3) is 0.467. The molecule has 3 nitrogen and oxygen atoms in total. The molecule has 0 aliphatic heterocycles. The Morgan fingerprint density at radius 1 is 1.33 bits per heavy atom. The molecule has 0 aliphatic carbocycles. The molecule has 0 radical (unpaired) electrons. The highest BCUT2D eigenvalue weighted by Gasteiger charge is 2.21. The Hall–Kier alpha value is -1.48. The summed E-state index contributed by atoms with van der Waals surface area (Å²) in [6.07, 6.45) is 1.80. The number of hydrogen-bond acceptors (Lipinski definition) is 2. The number of hydrogen-bond donors (Lipinski definition) is 0. The van der Waals surface area contributed by atoms with Gasteiger partial charge in [0.2, 0.25) is 0 Å². The lowest BCUT2D eigenvalue weighted by Crippen LogP contribution is -2.41. The Balaban J connectivity index is 2.58. The summed E-state index contributed by atoms with van der Waals surface area (Å²) in [5, 5.41) is 0.975. The first kappa shape index (κ1) is 10.4. The maximum absolute atomic E-state index is 8.55. The first-order valence-corrected chi connectivity index (χ1v) is 6.05. The Morgan fingerprint density at radius 2 is 2.06 bits per heavy atom. The van der Waals surface area contributed by atoms with Crippen LogP contribution in [0.15, 0.2) is 30.5 Å². The molecule has 0 amide bonds. The minimum absolute atomic E-state index is 0.640. The molecule has 98 valence electrons. The molecule has 18 heavy (non-hydrogen) atoms. The van der Waals surface area contributed by atoms with Crippen molar-refractivity contribution in [1.82, 2.24) is 9.47 Å². The van der Waals surface area contributed by atoms with Crippen molar-refractivity contribution in [3.8, 4) is 5.75 Å². The van der Waals surface area contributed by atoms with Crippen molar-refractivity contribution in [2.45, 2.75) is 25.9 Å². The van der Waals surface area contributed by atoms with Gasteiger partial charge in [0.25, 0.3) is 0 Å². The first-order chi connectivity index (χ1) is 9.21. The van der Waals surface area contributed by atoms with Gasteiger partial charge in [-0.3, -0.25) is 0 Å². The van der Waals surface area contributed by atoms with E-state index in [1.54, 1.807) is 17.9 Å². The summed E-state index contributed by atoms with van der Waals surface area (Å²) in [4.78, 5) is 1.91. The topological polar surface area (TPSA) is 17.4 Å². The van der Waals surface area contributed by atoms with E-state index >= 15 is 0 Å². The van der Waals surface area contributed by atoms with Crippen LogP contribution in [0, 0.1) is 0 Å². The summed E-state index contributed by atoms with van der Waals surface area (Å²) >= 11 is 0. The fourth-order valence-electron chi connectivity index (χ4n) is 1.74. The summed E-state index contributed by atoms with van der Waals surface area (Å²) in [7, 11) is 5.42. The Bertz CT molecular complexity index is 617. The zero-order chi connectivity index (χ0) is 15.1. The minimum Gasteiger partial charge on any atom is -0.497 e. The molecule has 0 aliphatic rings. The molecule has 2 aromatic rings. The van der Waals surface area contributed by atoms with E-state index in [9.17, 15) is 0 Å². The number of benzene rings is 1. The highest BCUT2D eigenvalue weighted by atomic mass is 16.5. The minimum atomic E-state index is -1.53. The Labute approximate surface area is 112 Å². The van der Waals surface area contributed by atoms with Crippen molar-refractivity contribution in [1.29, 1.82) is 0 Å². The van der Waals surface area contributed by atoms with Crippen LogP contribution in [0.1, 0.15) is 16.6 Å². The standard InChI is InChI=1S/C15H22N2O/c1-15(2,16(3)4)11-17-9-8-12-10-13(18-5)6-7-14(12)17/h6-10H,11H2,1-5H3/i11D2. The normalized spacial score (nSPS) is 14.8. The van der Waals surface area contributed by atoms with Crippen LogP contribution in [-0.2, 0) is 6.50 Å². The van der Waals surface area contributed by atoms with Gasteiger partial charge in [-0.25, -0.2) is 0 Å². The first-order valence-electron chi connectivity index (χ1n) is 7.05. The second kappa shape index (κ2) is 4.65. The molecule has 0 atom stereocenters. The van der Waals surface area contributed by atoms with Gasteiger partial charge in [-0.15, -0.1) is 0 Å². The van der Waals surface area contributed by atoms with Crippen molar-refractivity contribution in [2.24, 2.45) is 0 Å². The zero-order valence-electron chi connectivity index (χ0n) is 13.7. The molecule has 0 N–H and O–H groups in total. The highest BCUT2D eigenvalue weighted by molar-refractivity contribution is 5.81. The molecule has 0 saturated heterocycles. The van der Waals surface area contributed by atoms with Gasteiger partial charge in [-0.05, 0) is 52.2 Å². The fourth-order valence-corrected chi connectivity index (χ4v) is 1.74. The van der Waals surface area contributed by atoms with Crippen molar-refractivity contribution >= 4 is 10.9 Å². The summed E-state index contributed by atoms with van der Waals surface area (Å²) < 4.78 is 24.0. The number of aromatic nitrogens is 1. The van der Waals surface area contributed by atoms with E-state index in [1.165, 1.54) is 0 Å². The zero-order valence-corrected chi connectivity index (χ0v) is 11.7. The summed E-state index contributed by atoms with van der Waals surface area (Å²) in [6.45, 7) is 2.28. The number of ether oxygens (including phenoxy) is 1. The molecule has 2 rings (SSSR count). The number of rotatable bonds is 4. The van der Waals surface area contributed by atoms with Crippen LogP contribution >= 0.6 is 0 Å². The lowest BCUT2D eigenvalue weighted by molar-refractivity contribution is 0.171. The predicted octanol–water partition coefficient (Wildman–Crippen LogP) is 2.99. The van der Waals surface area contributed by atoms with Crippen LogP contribution in [0.2, 0.25) is 0 Å². The second-order valence-electron chi connectivity index (χ2n) is 5.18. The lowest BCUT2D eigenvalue weighted by atomic mass is 10.0. The van der Waals surface area contributed by atoms with Gasteiger partial charge in [0.1, 0.15) is 5.75 Å². The van der Waals surface area contributed by atoms with E-state index in [0.29, 0.717) is 0 Å². The van der Waals surface area contributed by atoms with Crippen LogP contribution in [0.5, 0.6) is 5.75 Å². The van der Waals surface area contributed by atoms with E-state index in [-0.39, 0.29) is 0 Å². The van der Waals surface area contributed by atoms with Crippen molar-refractivity contribution in [2.75, 3.05) is 21.2 Å². The SMILES string of the molecule is [2H]C([2H])(n1ccc2cc(OC)ccc21)C(C)(C)N(C)C. The molecular formula is C15H22N2O. The van der Waals surface area contributed by atoms with Crippen molar-refractivity contribution in [3.63, 3.8) is 0 Å². The quantitative estimate of drug-likeness (QED) is 0.827. The molecule has 1 heterocycles. The maximum Gasteiger partial charge on any atom is 0.119 e. The molecule has 0 unspecified atom stereocenters. The average Bonchev–Trinajstić information content (AvgIpc) is 2.81. The molecule has 1 aromatic carbocycles. The van der Waals surface area contributed by atoms with Crippen LogP contribution in [0.3, 0.4) is 0 Å². The monoisotopic (exact) mass is 248 g/mol. The van der Waals surface area contributed by atoms with Gasteiger partial charge in [0.05, 0.1) is 9.85 Å². The molecule has 3 heteroatoms. The molecule has 0 spiro atoms. The van der Waals surface area contributed by atoms with Gasteiger partial charge >= 0.3 is 0 Å². The van der Waals surface area contributed by atoms with Crippen LogP contribution in [0.25, 0.3) is 10.9 Å². The predicted molar refractivity (Wildman–Crippen MR) is 76.3 cm³/mol. The third-order valence-corrected chi connectivity index (χ3v) is 3.41. The van der Waals surface area contributed by atoms with Gasteiger partial charge in [-0.1, -0.05) is 0 Å². The summed E-state index contributed by atoms with van der Waals surface area (Å²) in [5.74, 6) is 0.780. The van der Waals surface area contributed by atoms with E-state index in [0.717, 1.165) is 16.7 Å². The number of fused-ring (bicyclic) bond motifs is 1. The lowest BCUT2D eigenvalue weighted by Gasteiger charge is -2.33. The van der Waals surface area contributed by atoms with Crippen LogP contribution in [0.4, 0.5) is 0 Å². The third kappa shape index (κ3) is 2.36. The third-order valence-electron chi connectivity index (χ3n) is 3.41. The smallest absolute Gasteiger partial charge is 0.119 e. The van der Waals surface area contributed by atoms with Crippen LogP contribution in [-0.4, -0.2) is 36.2 Å². The van der Waals surface area contributed by atoms with Crippen LogP contribution < -0.4 is 4.74 Å². The number of nitrogens with zero attached hydrogens (tertiary/aromatic N) is 2. The highest BCUT2D eigenvalue weighted by Crippen LogP contribution is 2.24. The molecule has 0 bridgehead atoms. The molecule has 0 fully saturated rings. The van der Waals surface area contributed by atoms with Gasteiger partial charge in [0.15, 0.2) is 0 Å². The van der Waals surface area contributed by atoms with Gasteiger partial charge < -0.3 is 14.2 Å². The largest absolute Gasteiger partial charge is 0.497 e. The van der Waals surface area contributed by atoms with E-state index in [4.69, 9.17) is 7.48 Å². The average molecular weight is 248 g/mol. The Morgan fingerprint density at radius 3 is 2.67 bits per heavy atom. The Kier molecular flexibility index (Phi) is 2.70. The summed E-state index contributed by atoms with van der Waals surface area (Å²) in [6, 6.07) is 7.60. The number of likely N-dealkylation sites (N-methyl/N-ethyl adjacent to an activating group) is 1.